The third-order valence-electron chi connectivity index (χ3n) is 4.35. The lowest BCUT2D eigenvalue weighted by Crippen LogP contribution is -2.45. The van der Waals surface area contributed by atoms with Crippen LogP contribution in [0.25, 0.3) is 0 Å². The van der Waals surface area contributed by atoms with Gasteiger partial charge in [-0.05, 0) is 32.1 Å². The minimum atomic E-state index is 0.279. The van der Waals surface area contributed by atoms with Gasteiger partial charge in [-0.2, -0.15) is 0 Å². The molecule has 1 saturated carbocycles. The predicted octanol–water partition coefficient (Wildman–Crippen LogP) is 2.80. The Morgan fingerprint density at radius 3 is 2.50 bits per heavy atom. The van der Waals surface area contributed by atoms with Crippen LogP contribution in [-0.4, -0.2) is 36.5 Å². The summed E-state index contributed by atoms with van der Waals surface area (Å²) in [4.78, 5) is 13.8. The maximum Gasteiger partial charge on any atom is 0.223 e. The fourth-order valence-corrected chi connectivity index (χ4v) is 2.96. The summed E-state index contributed by atoms with van der Waals surface area (Å²) >= 11 is 0. The highest BCUT2D eigenvalue weighted by molar-refractivity contribution is 5.76. The minimum Gasteiger partial charge on any atom is -0.343 e. The molecule has 1 unspecified atom stereocenters. The number of hydrogen-bond donors (Lipinski definition) is 1. The molecule has 106 valence electrons. The van der Waals surface area contributed by atoms with E-state index in [0.717, 1.165) is 19.6 Å². The zero-order valence-electron chi connectivity index (χ0n) is 12.6. The minimum absolute atomic E-state index is 0.279. The van der Waals surface area contributed by atoms with Gasteiger partial charge in [0.25, 0.3) is 0 Å². The van der Waals surface area contributed by atoms with E-state index in [1.165, 1.54) is 25.7 Å². The molecule has 1 aliphatic rings. The van der Waals surface area contributed by atoms with Crippen LogP contribution in [0.15, 0.2) is 0 Å². The van der Waals surface area contributed by atoms with Gasteiger partial charge in [-0.1, -0.05) is 26.7 Å². The summed E-state index contributed by atoms with van der Waals surface area (Å²) < 4.78 is 0. The van der Waals surface area contributed by atoms with E-state index in [1.807, 2.05) is 18.7 Å². The Balaban J connectivity index is 2.30. The molecule has 0 aliphatic heterocycles. The predicted molar refractivity (Wildman–Crippen MR) is 76.6 cm³/mol. The monoisotopic (exact) mass is 254 g/mol. The molecule has 0 bridgehead atoms. The van der Waals surface area contributed by atoms with Crippen LogP contribution < -0.4 is 5.32 Å². The number of nitrogens with zero attached hydrogens (tertiary/aromatic N) is 1. The van der Waals surface area contributed by atoms with Crippen LogP contribution >= 0.6 is 0 Å². The molecule has 1 atom stereocenters. The fourth-order valence-electron chi connectivity index (χ4n) is 2.96. The first-order chi connectivity index (χ1) is 8.51. The molecule has 1 amide bonds. The second-order valence-electron chi connectivity index (χ2n) is 6.06. The quantitative estimate of drug-likeness (QED) is 0.790. The van der Waals surface area contributed by atoms with Crippen molar-refractivity contribution in [2.24, 2.45) is 5.41 Å². The van der Waals surface area contributed by atoms with Crippen LogP contribution in [0.2, 0.25) is 0 Å². The van der Waals surface area contributed by atoms with Gasteiger partial charge in [0.05, 0.1) is 0 Å². The Labute approximate surface area is 112 Å². The number of nitrogens with one attached hydrogen (secondary N) is 1. The molecule has 1 rings (SSSR count). The lowest BCUT2D eigenvalue weighted by atomic mass is 9.73. The second-order valence-corrected chi connectivity index (χ2v) is 6.06. The third-order valence-corrected chi connectivity index (χ3v) is 4.35. The van der Waals surface area contributed by atoms with Crippen LogP contribution in [0, 0.1) is 5.41 Å². The van der Waals surface area contributed by atoms with Gasteiger partial charge in [0.2, 0.25) is 5.91 Å². The van der Waals surface area contributed by atoms with E-state index < -0.39 is 0 Å². The van der Waals surface area contributed by atoms with Crippen LogP contribution in [-0.2, 0) is 4.79 Å². The smallest absolute Gasteiger partial charge is 0.223 e. The van der Waals surface area contributed by atoms with E-state index in [1.54, 1.807) is 0 Å². The van der Waals surface area contributed by atoms with E-state index in [2.05, 4.69) is 19.2 Å². The van der Waals surface area contributed by atoms with Gasteiger partial charge in [0.15, 0.2) is 0 Å². The van der Waals surface area contributed by atoms with Gasteiger partial charge in [-0.15, -0.1) is 0 Å². The Morgan fingerprint density at radius 1 is 1.28 bits per heavy atom. The van der Waals surface area contributed by atoms with Crippen molar-refractivity contribution in [2.75, 3.05) is 19.6 Å². The van der Waals surface area contributed by atoms with E-state index >= 15 is 0 Å². The number of carbonyl (C=O) groups excluding carboxylic acids is 1. The maximum atomic E-state index is 11.9. The standard InChI is InChI=1S/C15H30N2O/c1-5-17(6-2)14(18)10-12-16-13-9-7-8-11-15(13,3)4/h13,16H,5-12H2,1-4H3. The van der Waals surface area contributed by atoms with E-state index in [4.69, 9.17) is 0 Å². The van der Waals surface area contributed by atoms with Crippen molar-refractivity contribution < 1.29 is 4.79 Å². The Morgan fingerprint density at radius 2 is 1.94 bits per heavy atom. The first kappa shape index (κ1) is 15.5. The van der Waals surface area contributed by atoms with E-state index in [-0.39, 0.29) is 5.91 Å². The van der Waals surface area contributed by atoms with Crippen molar-refractivity contribution in [3.8, 4) is 0 Å². The highest BCUT2D eigenvalue weighted by Crippen LogP contribution is 2.35. The summed E-state index contributed by atoms with van der Waals surface area (Å²) in [6.07, 6.45) is 5.87. The largest absolute Gasteiger partial charge is 0.343 e. The molecule has 3 heteroatoms. The summed E-state index contributed by atoms with van der Waals surface area (Å²) in [6.45, 7) is 11.2. The number of rotatable bonds is 6. The van der Waals surface area contributed by atoms with Crippen LogP contribution in [0.4, 0.5) is 0 Å². The van der Waals surface area contributed by atoms with Crippen LogP contribution in [0.5, 0.6) is 0 Å². The average molecular weight is 254 g/mol. The van der Waals surface area contributed by atoms with E-state index in [9.17, 15) is 4.79 Å². The molecule has 0 aromatic heterocycles. The molecule has 3 nitrogen and oxygen atoms in total. The maximum absolute atomic E-state index is 11.9. The Hall–Kier alpha value is -0.570. The number of carbonyl (C=O) groups is 1. The first-order valence-corrected chi connectivity index (χ1v) is 7.52. The molecular weight excluding hydrogens is 224 g/mol. The zero-order chi connectivity index (χ0) is 13.6. The van der Waals surface area contributed by atoms with Crippen molar-refractivity contribution >= 4 is 5.91 Å². The number of amides is 1. The van der Waals surface area contributed by atoms with Crippen LogP contribution in [0.3, 0.4) is 0 Å². The van der Waals surface area contributed by atoms with Crippen molar-refractivity contribution in [2.45, 2.75) is 65.8 Å². The molecule has 18 heavy (non-hydrogen) atoms. The average Bonchev–Trinajstić information content (AvgIpc) is 2.32. The van der Waals surface area contributed by atoms with Crippen molar-refractivity contribution in [1.82, 2.24) is 10.2 Å². The highest BCUT2D eigenvalue weighted by Gasteiger charge is 2.31. The third kappa shape index (κ3) is 4.27. The molecule has 1 aliphatic carbocycles. The van der Waals surface area contributed by atoms with Crippen molar-refractivity contribution in [3.63, 3.8) is 0 Å². The summed E-state index contributed by atoms with van der Waals surface area (Å²) in [6, 6.07) is 0.579. The van der Waals surface area contributed by atoms with Crippen molar-refractivity contribution in [1.29, 1.82) is 0 Å². The van der Waals surface area contributed by atoms with Gasteiger partial charge in [-0.25, -0.2) is 0 Å². The summed E-state index contributed by atoms with van der Waals surface area (Å²) in [7, 11) is 0. The van der Waals surface area contributed by atoms with E-state index in [0.29, 0.717) is 17.9 Å². The SMILES string of the molecule is CCN(CC)C(=O)CCNC1CCCCC1(C)C. The Kier molecular flexibility index (Phi) is 6.13. The van der Waals surface area contributed by atoms with Gasteiger partial charge < -0.3 is 10.2 Å². The molecular formula is C15H30N2O. The van der Waals surface area contributed by atoms with Gasteiger partial charge in [0, 0.05) is 32.1 Å². The van der Waals surface area contributed by atoms with Crippen LogP contribution in [0.1, 0.15) is 59.8 Å². The first-order valence-electron chi connectivity index (χ1n) is 7.52. The number of hydrogen-bond acceptors (Lipinski definition) is 2. The molecule has 0 radical (unpaired) electrons. The molecule has 1 fully saturated rings. The fraction of sp³-hybridized carbons (Fsp3) is 0.933. The topological polar surface area (TPSA) is 32.3 Å². The lowest BCUT2D eigenvalue weighted by Gasteiger charge is -2.39. The normalized spacial score (nSPS) is 22.8. The molecule has 0 spiro atoms. The molecule has 0 saturated heterocycles. The van der Waals surface area contributed by atoms with Gasteiger partial charge in [-0.3, -0.25) is 4.79 Å². The second kappa shape index (κ2) is 7.13. The zero-order valence-corrected chi connectivity index (χ0v) is 12.6. The lowest BCUT2D eigenvalue weighted by molar-refractivity contribution is -0.130. The van der Waals surface area contributed by atoms with Gasteiger partial charge in [0.1, 0.15) is 0 Å². The Bertz CT molecular complexity index is 259. The molecule has 0 aromatic carbocycles. The van der Waals surface area contributed by atoms with Crippen molar-refractivity contribution in [3.05, 3.63) is 0 Å². The summed E-state index contributed by atoms with van der Waals surface area (Å²) in [5.41, 5.74) is 0.385. The summed E-state index contributed by atoms with van der Waals surface area (Å²) in [5, 5.41) is 3.60. The molecule has 0 aromatic rings. The van der Waals surface area contributed by atoms with Gasteiger partial charge >= 0.3 is 0 Å². The molecule has 0 heterocycles. The molecule has 1 N–H and O–H groups in total. The highest BCUT2D eigenvalue weighted by atomic mass is 16.2. The summed E-state index contributed by atoms with van der Waals surface area (Å²) in [5.74, 6) is 0.279.